The molecular formula is C40H45ClN6O6. The molecule has 0 amide bonds. The number of phenols is 2. The number of carbonyl (C=O) groups is 2. The van der Waals surface area contributed by atoms with Gasteiger partial charge in [-0.1, -0.05) is 77.4 Å². The summed E-state index contributed by atoms with van der Waals surface area (Å²) in [5.41, 5.74) is 6.61. The molecule has 2 aromatic heterocycles. The van der Waals surface area contributed by atoms with Crippen molar-refractivity contribution in [3.8, 4) is 22.9 Å². The maximum absolute atomic E-state index is 11.5. The van der Waals surface area contributed by atoms with E-state index in [4.69, 9.17) is 21.1 Å². The van der Waals surface area contributed by atoms with E-state index in [1.165, 1.54) is 23.8 Å². The molecule has 2 N–H and O–H groups in total. The molecule has 0 radical (unpaired) electrons. The van der Waals surface area contributed by atoms with Crippen LogP contribution in [0, 0.1) is 0 Å². The Morgan fingerprint density at radius 2 is 1.02 bits per heavy atom. The van der Waals surface area contributed by atoms with Gasteiger partial charge in [-0.05, 0) is 77.3 Å². The first-order valence-electron chi connectivity index (χ1n) is 17.2. The normalized spacial score (nSPS) is 11.7. The van der Waals surface area contributed by atoms with Gasteiger partial charge in [0.2, 0.25) is 0 Å². The molecule has 0 spiro atoms. The van der Waals surface area contributed by atoms with Gasteiger partial charge >= 0.3 is 11.9 Å². The summed E-state index contributed by atoms with van der Waals surface area (Å²) >= 11 is 6.03. The van der Waals surface area contributed by atoms with Crippen molar-refractivity contribution in [2.24, 2.45) is 0 Å². The SMILES string of the molecule is COC(=O)CCc1cc(-n2nc3ccc(Cl)cc3n2)c(O)c(C(C)(C)C)c1.COC(=O)CCc1cc(-n2nc3ccccc3n2)c(O)c(C(C)(C)C)c1. The Bertz CT molecular complexity index is 2250. The van der Waals surface area contributed by atoms with E-state index in [-0.39, 0.29) is 47.1 Å². The summed E-state index contributed by atoms with van der Waals surface area (Å²) in [6.45, 7) is 12.1. The number of phenolic OH excluding ortho intramolecular Hbond substituents is 2. The van der Waals surface area contributed by atoms with Crippen molar-refractivity contribution >= 4 is 45.6 Å². The molecule has 2 heterocycles. The number of benzene rings is 4. The zero-order valence-electron chi connectivity index (χ0n) is 31.3. The molecule has 0 saturated heterocycles. The molecule has 0 unspecified atom stereocenters. The van der Waals surface area contributed by atoms with Gasteiger partial charge in [0.05, 0.1) is 14.2 Å². The first kappa shape index (κ1) is 38.7. The van der Waals surface area contributed by atoms with Crippen LogP contribution in [0.1, 0.15) is 76.6 Å². The van der Waals surface area contributed by atoms with E-state index in [0.29, 0.717) is 40.3 Å². The standard InChI is InChI=1S/C20H22ClN3O3.C20H23N3O3/c1-20(2,3)14-9-12(5-8-18(25)27-4)10-17(19(14)26)24-22-15-7-6-13(21)11-16(15)23-24;1-20(2,3)14-11-13(9-10-18(24)26-4)12-17(19(14)25)23-21-15-7-5-6-8-16(15)22-23/h6-7,9-11,26H,5,8H2,1-4H3;5-8,11-12,25H,9-10H2,1-4H3. The molecule has 12 nitrogen and oxygen atoms in total. The molecule has 53 heavy (non-hydrogen) atoms. The van der Waals surface area contributed by atoms with E-state index >= 15 is 0 Å². The second-order valence-corrected chi connectivity index (χ2v) is 15.2. The summed E-state index contributed by atoms with van der Waals surface area (Å²) in [6.07, 6.45) is 1.55. The highest BCUT2D eigenvalue weighted by Gasteiger charge is 2.25. The second kappa shape index (κ2) is 15.6. The molecule has 0 fully saturated rings. The lowest BCUT2D eigenvalue weighted by atomic mass is 9.84. The molecule has 6 rings (SSSR count). The fourth-order valence-corrected chi connectivity index (χ4v) is 5.92. The largest absolute Gasteiger partial charge is 0.505 e. The van der Waals surface area contributed by atoms with Gasteiger partial charge in [0.15, 0.2) is 0 Å². The number of aromatic nitrogens is 6. The van der Waals surface area contributed by atoms with Gasteiger partial charge in [-0.25, -0.2) is 0 Å². The molecule has 0 atom stereocenters. The topological polar surface area (TPSA) is 154 Å². The maximum atomic E-state index is 11.5. The highest BCUT2D eigenvalue weighted by atomic mass is 35.5. The van der Waals surface area contributed by atoms with E-state index < -0.39 is 0 Å². The van der Waals surface area contributed by atoms with Gasteiger partial charge in [-0.3, -0.25) is 9.59 Å². The van der Waals surface area contributed by atoms with Crippen LogP contribution in [-0.2, 0) is 42.7 Å². The number of ether oxygens (including phenoxy) is 2. The molecule has 278 valence electrons. The van der Waals surface area contributed by atoms with Gasteiger partial charge in [-0.2, -0.15) is 0 Å². The van der Waals surface area contributed by atoms with Gasteiger partial charge in [-0.15, -0.1) is 30.0 Å². The minimum atomic E-state index is -0.296. The Balaban J connectivity index is 0.000000204. The average molecular weight is 741 g/mol. The van der Waals surface area contributed by atoms with Crippen LogP contribution >= 0.6 is 11.6 Å². The molecule has 0 aliphatic heterocycles. The van der Waals surface area contributed by atoms with Crippen molar-refractivity contribution < 1.29 is 29.3 Å². The van der Waals surface area contributed by atoms with E-state index in [2.05, 4.69) is 20.4 Å². The van der Waals surface area contributed by atoms with Crippen LogP contribution in [0.5, 0.6) is 11.5 Å². The van der Waals surface area contributed by atoms with Crippen molar-refractivity contribution in [2.75, 3.05) is 14.2 Å². The number of methoxy groups -OCH3 is 2. The molecular weight excluding hydrogens is 696 g/mol. The Labute approximate surface area is 313 Å². The summed E-state index contributed by atoms with van der Waals surface area (Å²) in [5.74, 6) is -0.269. The fourth-order valence-electron chi connectivity index (χ4n) is 5.75. The van der Waals surface area contributed by atoms with Crippen LogP contribution in [0.25, 0.3) is 33.4 Å². The third kappa shape index (κ3) is 9.12. The van der Waals surface area contributed by atoms with Crippen LogP contribution in [0.4, 0.5) is 0 Å². The molecule has 0 aliphatic carbocycles. The van der Waals surface area contributed by atoms with Crippen LogP contribution < -0.4 is 0 Å². The molecule has 13 heteroatoms. The number of esters is 2. The van der Waals surface area contributed by atoms with Crippen molar-refractivity contribution in [3.05, 3.63) is 94.0 Å². The predicted octanol–water partition coefficient (Wildman–Crippen LogP) is 7.71. The number of fused-ring (bicyclic) bond motifs is 2. The molecule has 0 saturated carbocycles. The van der Waals surface area contributed by atoms with Gasteiger partial charge in [0, 0.05) is 29.0 Å². The molecule has 4 aromatic carbocycles. The van der Waals surface area contributed by atoms with Crippen molar-refractivity contribution in [1.29, 1.82) is 0 Å². The summed E-state index contributed by atoms with van der Waals surface area (Å²) in [5, 5.41) is 40.2. The highest BCUT2D eigenvalue weighted by molar-refractivity contribution is 6.31. The Morgan fingerprint density at radius 1 is 0.623 bits per heavy atom. The van der Waals surface area contributed by atoms with Gasteiger partial charge in [0.1, 0.15) is 44.9 Å². The zero-order valence-corrected chi connectivity index (χ0v) is 32.0. The second-order valence-electron chi connectivity index (χ2n) is 14.8. The van der Waals surface area contributed by atoms with Gasteiger partial charge < -0.3 is 19.7 Å². The number of aryl methyl sites for hydroxylation is 2. The lowest BCUT2D eigenvalue weighted by Gasteiger charge is -2.23. The lowest BCUT2D eigenvalue weighted by Crippen LogP contribution is -2.14. The van der Waals surface area contributed by atoms with Crippen LogP contribution in [-0.4, -0.2) is 66.4 Å². The van der Waals surface area contributed by atoms with Gasteiger partial charge in [0.25, 0.3) is 0 Å². The first-order valence-corrected chi connectivity index (χ1v) is 17.6. The molecule has 6 aromatic rings. The summed E-state index contributed by atoms with van der Waals surface area (Å²) < 4.78 is 9.46. The Hall–Kier alpha value is -5.49. The minimum Gasteiger partial charge on any atom is -0.505 e. The van der Waals surface area contributed by atoms with Crippen LogP contribution in [0.15, 0.2) is 66.7 Å². The van der Waals surface area contributed by atoms with E-state index in [1.807, 2.05) is 84.0 Å². The lowest BCUT2D eigenvalue weighted by molar-refractivity contribution is -0.141. The molecule has 0 aliphatic rings. The van der Waals surface area contributed by atoms with Crippen molar-refractivity contribution in [1.82, 2.24) is 30.0 Å². The number of aromatic hydroxyl groups is 2. The van der Waals surface area contributed by atoms with Crippen molar-refractivity contribution in [3.63, 3.8) is 0 Å². The number of nitrogens with zero attached hydrogens (tertiary/aromatic N) is 6. The summed E-state index contributed by atoms with van der Waals surface area (Å²) in [6, 6.07) is 20.3. The number of carbonyl (C=O) groups excluding carboxylic acids is 2. The monoisotopic (exact) mass is 740 g/mol. The fraction of sp³-hybridized carbons (Fsp3) is 0.350. The highest BCUT2D eigenvalue weighted by Crippen LogP contribution is 2.38. The summed E-state index contributed by atoms with van der Waals surface area (Å²) in [7, 11) is 2.75. The van der Waals surface area contributed by atoms with E-state index in [9.17, 15) is 19.8 Å². The predicted molar refractivity (Wildman–Crippen MR) is 204 cm³/mol. The number of rotatable bonds is 8. The van der Waals surface area contributed by atoms with E-state index in [0.717, 1.165) is 33.3 Å². The third-order valence-electron chi connectivity index (χ3n) is 8.67. The quantitative estimate of drug-likeness (QED) is 0.148. The number of hydrogen-bond acceptors (Lipinski definition) is 10. The minimum absolute atomic E-state index is 0.121. The van der Waals surface area contributed by atoms with Crippen LogP contribution in [0.3, 0.4) is 0 Å². The summed E-state index contributed by atoms with van der Waals surface area (Å²) in [4.78, 5) is 25.9. The maximum Gasteiger partial charge on any atom is 0.305 e. The smallest absolute Gasteiger partial charge is 0.305 e. The number of halogens is 1. The Kier molecular flexibility index (Phi) is 11.4. The van der Waals surface area contributed by atoms with E-state index in [1.54, 1.807) is 24.3 Å². The Morgan fingerprint density at radius 3 is 1.42 bits per heavy atom. The zero-order chi connectivity index (χ0) is 38.7. The third-order valence-corrected chi connectivity index (χ3v) is 8.90. The molecule has 0 bridgehead atoms. The van der Waals surface area contributed by atoms with Crippen molar-refractivity contribution in [2.45, 2.75) is 78.1 Å². The van der Waals surface area contributed by atoms with Crippen LogP contribution in [0.2, 0.25) is 5.02 Å². The number of hydrogen-bond donors (Lipinski definition) is 2. The first-order chi connectivity index (χ1) is 25.0. The average Bonchev–Trinajstić information content (AvgIpc) is 3.73.